The quantitative estimate of drug-likeness (QED) is 0.535. The summed E-state index contributed by atoms with van der Waals surface area (Å²) in [6.45, 7) is 0. The second-order valence-electron chi connectivity index (χ2n) is 1.97. The van der Waals surface area contributed by atoms with Crippen molar-refractivity contribution in [2.45, 2.75) is 12.8 Å². The molecule has 0 bridgehead atoms. The fourth-order valence-electron chi connectivity index (χ4n) is 0.788. The highest BCUT2D eigenvalue weighted by Crippen LogP contribution is 2.13. The Morgan fingerprint density at radius 3 is 2.89 bits per heavy atom. The van der Waals surface area contributed by atoms with Crippen molar-refractivity contribution in [2.24, 2.45) is 0 Å². The topological polar surface area (TPSA) is 37.3 Å². The Bertz CT molecular complexity index is 177. The number of carbonyl (C=O) groups is 1. The van der Waals surface area contributed by atoms with Crippen molar-refractivity contribution >= 4 is 6.29 Å². The number of aldehydes is 1. The van der Waals surface area contributed by atoms with Gasteiger partial charge in [0.2, 0.25) is 0 Å². The van der Waals surface area contributed by atoms with Gasteiger partial charge in [-0.1, -0.05) is 6.08 Å². The minimum atomic E-state index is 0.122. The van der Waals surface area contributed by atoms with Gasteiger partial charge in [-0.2, -0.15) is 0 Å². The van der Waals surface area contributed by atoms with Crippen LogP contribution < -0.4 is 0 Å². The molecule has 0 atom stereocenters. The highest BCUT2D eigenvalue weighted by Gasteiger charge is 2.03. The van der Waals surface area contributed by atoms with Crippen LogP contribution in [0.3, 0.4) is 0 Å². The number of rotatable bonds is 1. The van der Waals surface area contributed by atoms with Gasteiger partial charge < -0.3 is 5.11 Å². The van der Waals surface area contributed by atoms with Crippen molar-refractivity contribution in [1.82, 2.24) is 0 Å². The van der Waals surface area contributed by atoms with Crippen LogP contribution in [0.2, 0.25) is 0 Å². The highest BCUT2D eigenvalue weighted by molar-refractivity contribution is 5.75. The molecule has 0 amide bonds. The van der Waals surface area contributed by atoms with Gasteiger partial charge in [0.25, 0.3) is 0 Å². The number of hydrogen-bond acceptors (Lipinski definition) is 2. The Morgan fingerprint density at radius 2 is 2.44 bits per heavy atom. The third-order valence-corrected chi connectivity index (χ3v) is 1.33. The lowest BCUT2D eigenvalue weighted by Crippen LogP contribution is -1.94. The van der Waals surface area contributed by atoms with Gasteiger partial charge in [-0.25, -0.2) is 0 Å². The summed E-state index contributed by atoms with van der Waals surface area (Å²) in [6, 6.07) is 0. The third kappa shape index (κ3) is 1.19. The summed E-state index contributed by atoms with van der Waals surface area (Å²) >= 11 is 0. The number of aliphatic hydroxyl groups excluding tert-OH is 1. The van der Waals surface area contributed by atoms with E-state index >= 15 is 0 Å². The third-order valence-electron chi connectivity index (χ3n) is 1.33. The Labute approximate surface area is 53.5 Å². The number of allylic oxidation sites excluding steroid dienone is 3. The summed E-state index contributed by atoms with van der Waals surface area (Å²) in [5, 5.41) is 8.93. The van der Waals surface area contributed by atoms with Gasteiger partial charge in [-0.15, -0.1) is 0 Å². The number of carbonyl (C=O) groups excluding carboxylic acids is 1. The SMILES string of the molecule is O=CC1=C(O)C=CCC1. The van der Waals surface area contributed by atoms with E-state index in [2.05, 4.69) is 0 Å². The van der Waals surface area contributed by atoms with Crippen LogP contribution in [-0.4, -0.2) is 11.4 Å². The molecule has 0 heterocycles. The molecule has 2 nitrogen and oxygen atoms in total. The van der Waals surface area contributed by atoms with E-state index in [9.17, 15) is 4.79 Å². The van der Waals surface area contributed by atoms with Crippen molar-refractivity contribution in [1.29, 1.82) is 0 Å². The maximum atomic E-state index is 10.1. The average Bonchev–Trinajstić information content (AvgIpc) is 1.89. The molecule has 2 heteroatoms. The molecule has 0 radical (unpaired) electrons. The molecule has 1 N–H and O–H groups in total. The summed E-state index contributed by atoms with van der Waals surface area (Å²) in [7, 11) is 0. The van der Waals surface area contributed by atoms with Gasteiger partial charge in [-0.3, -0.25) is 4.79 Å². The molecule has 48 valence electrons. The molecule has 0 aromatic heterocycles. The molecule has 9 heavy (non-hydrogen) atoms. The van der Waals surface area contributed by atoms with Crippen LogP contribution in [0.1, 0.15) is 12.8 Å². The predicted octanol–water partition coefficient (Wildman–Crippen LogP) is 1.35. The molecule has 0 unspecified atom stereocenters. The lowest BCUT2D eigenvalue weighted by atomic mass is 10.1. The van der Waals surface area contributed by atoms with Crippen molar-refractivity contribution in [3.63, 3.8) is 0 Å². The first kappa shape index (κ1) is 6.08. The monoisotopic (exact) mass is 124 g/mol. The van der Waals surface area contributed by atoms with E-state index < -0.39 is 0 Å². The zero-order valence-electron chi connectivity index (χ0n) is 5.00. The van der Waals surface area contributed by atoms with Gasteiger partial charge in [-0.05, 0) is 18.9 Å². The number of hydrogen-bond donors (Lipinski definition) is 1. The Balaban J connectivity index is 2.84. The fourth-order valence-corrected chi connectivity index (χ4v) is 0.788. The van der Waals surface area contributed by atoms with Crippen LogP contribution in [0.15, 0.2) is 23.5 Å². The zero-order chi connectivity index (χ0) is 6.69. The van der Waals surface area contributed by atoms with Crippen molar-refractivity contribution in [3.05, 3.63) is 23.5 Å². The van der Waals surface area contributed by atoms with E-state index in [1.165, 1.54) is 0 Å². The Kier molecular flexibility index (Phi) is 1.68. The highest BCUT2D eigenvalue weighted by atomic mass is 16.3. The first-order valence-corrected chi connectivity index (χ1v) is 2.88. The maximum Gasteiger partial charge on any atom is 0.149 e. The molecule has 0 aliphatic heterocycles. The lowest BCUT2D eigenvalue weighted by Gasteiger charge is -2.03. The van der Waals surface area contributed by atoms with Crippen molar-refractivity contribution < 1.29 is 9.90 Å². The molecular weight excluding hydrogens is 116 g/mol. The van der Waals surface area contributed by atoms with Crippen molar-refractivity contribution in [2.75, 3.05) is 0 Å². The normalized spacial score (nSPS) is 18.2. The Hall–Kier alpha value is -1.05. The summed E-state index contributed by atoms with van der Waals surface area (Å²) in [6.07, 6.45) is 5.65. The first-order chi connectivity index (χ1) is 4.34. The summed E-state index contributed by atoms with van der Waals surface area (Å²) < 4.78 is 0. The molecule has 0 aromatic rings. The van der Waals surface area contributed by atoms with Gasteiger partial charge in [0, 0.05) is 5.57 Å². The minimum absolute atomic E-state index is 0.122. The fraction of sp³-hybridized carbons (Fsp3) is 0.286. The van der Waals surface area contributed by atoms with E-state index in [1.807, 2.05) is 6.08 Å². The first-order valence-electron chi connectivity index (χ1n) is 2.88. The zero-order valence-corrected chi connectivity index (χ0v) is 5.00. The smallest absolute Gasteiger partial charge is 0.149 e. The number of aliphatic hydroxyl groups is 1. The molecule has 1 rings (SSSR count). The van der Waals surface area contributed by atoms with E-state index in [4.69, 9.17) is 5.11 Å². The lowest BCUT2D eigenvalue weighted by molar-refractivity contribution is -0.105. The summed E-state index contributed by atoms with van der Waals surface area (Å²) in [5.74, 6) is 0.122. The minimum Gasteiger partial charge on any atom is -0.508 e. The largest absolute Gasteiger partial charge is 0.508 e. The van der Waals surface area contributed by atoms with E-state index in [0.29, 0.717) is 18.3 Å². The van der Waals surface area contributed by atoms with Crippen LogP contribution in [-0.2, 0) is 4.79 Å². The predicted molar refractivity (Wildman–Crippen MR) is 34.1 cm³/mol. The molecule has 0 saturated carbocycles. The van der Waals surface area contributed by atoms with Gasteiger partial charge >= 0.3 is 0 Å². The van der Waals surface area contributed by atoms with E-state index in [-0.39, 0.29) is 5.76 Å². The van der Waals surface area contributed by atoms with E-state index in [0.717, 1.165) is 6.42 Å². The molecule has 0 saturated heterocycles. The Morgan fingerprint density at radius 1 is 1.67 bits per heavy atom. The second-order valence-corrected chi connectivity index (χ2v) is 1.97. The standard InChI is InChI=1S/C7H8O2/c8-5-6-3-1-2-4-7(6)9/h2,4-5,9H,1,3H2. The summed E-state index contributed by atoms with van der Waals surface area (Å²) in [5.41, 5.74) is 0.512. The molecule has 1 aliphatic rings. The van der Waals surface area contributed by atoms with Crippen molar-refractivity contribution in [3.8, 4) is 0 Å². The molecular formula is C7H8O2. The second kappa shape index (κ2) is 2.49. The van der Waals surface area contributed by atoms with Gasteiger partial charge in [0.05, 0.1) is 0 Å². The van der Waals surface area contributed by atoms with Crippen LogP contribution >= 0.6 is 0 Å². The molecule has 0 aromatic carbocycles. The van der Waals surface area contributed by atoms with Crippen LogP contribution in [0, 0.1) is 0 Å². The van der Waals surface area contributed by atoms with Gasteiger partial charge in [0.15, 0.2) is 0 Å². The van der Waals surface area contributed by atoms with Crippen LogP contribution in [0.4, 0.5) is 0 Å². The van der Waals surface area contributed by atoms with Crippen LogP contribution in [0.5, 0.6) is 0 Å². The van der Waals surface area contributed by atoms with Crippen LogP contribution in [0.25, 0.3) is 0 Å². The molecule has 0 fully saturated rings. The molecule has 0 spiro atoms. The van der Waals surface area contributed by atoms with Gasteiger partial charge in [0.1, 0.15) is 12.0 Å². The maximum absolute atomic E-state index is 10.1. The summed E-state index contributed by atoms with van der Waals surface area (Å²) in [4.78, 5) is 10.1. The van der Waals surface area contributed by atoms with E-state index in [1.54, 1.807) is 6.08 Å². The average molecular weight is 124 g/mol. The molecule has 1 aliphatic carbocycles.